The maximum atomic E-state index is 11.6. The van der Waals surface area contributed by atoms with E-state index in [9.17, 15) is 9.90 Å². The van der Waals surface area contributed by atoms with Gasteiger partial charge < -0.3 is 19.9 Å². The molecule has 0 spiro atoms. The molecule has 118 valence electrons. The molecule has 1 atom stereocenters. The van der Waals surface area contributed by atoms with E-state index < -0.39 is 6.10 Å². The van der Waals surface area contributed by atoms with Crippen molar-refractivity contribution in [3.63, 3.8) is 0 Å². The molecule has 0 aliphatic rings. The van der Waals surface area contributed by atoms with Crippen LogP contribution >= 0.6 is 11.8 Å². The summed E-state index contributed by atoms with van der Waals surface area (Å²) in [6.07, 6.45) is 1.79. The molecule has 6 heteroatoms. The number of benzene rings is 1. The van der Waals surface area contributed by atoms with Crippen molar-refractivity contribution in [2.45, 2.75) is 19.4 Å². The van der Waals surface area contributed by atoms with Crippen LogP contribution in [0.1, 0.15) is 13.3 Å². The van der Waals surface area contributed by atoms with E-state index in [1.165, 1.54) is 0 Å². The fraction of sp³-hybridized carbons (Fsp3) is 0.533. The Morgan fingerprint density at radius 3 is 2.95 bits per heavy atom. The lowest BCUT2D eigenvalue weighted by atomic mass is 10.3. The van der Waals surface area contributed by atoms with Crippen LogP contribution in [0.4, 0.5) is 5.69 Å². The number of ether oxygens (including phenoxy) is 2. The second-order valence-electron chi connectivity index (χ2n) is 4.44. The van der Waals surface area contributed by atoms with E-state index in [1.54, 1.807) is 36.0 Å². The van der Waals surface area contributed by atoms with Gasteiger partial charge in [0.1, 0.15) is 18.5 Å². The third-order valence-corrected chi connectivity index (χ3v) is 3.22. The molecular formula is C15H23NO4S. The lowest BCUT2D eigenvalue weighted by Gasteiger charge is -2.13. The summed E-state index contributed by atoms with van der Waals surface area (Å²) >= 11 is 1.64. The van der Waals surface area contributed by atoms with Crippen LogP contribution in [0.2, 0.25) is 0 Å². The average molecular weight is 313 g/mol. The molecule has 0 aromatic heterocycles. The SMILES string of the molecule is CCOCC(O)COc1cccc(NC(=O)CCSC)c1. The van der Waals surface area contributed by atoms with Crippen LogP contribution in [-0.4, -0.2) is 48.9 Å². The summed E-state index contributed by atoms with van der Waals surface area (Å²) in [6, 6.07) is 7.13. The predicted molar refractivity (Wildman–Crippen MR) is 86.1 cm³/mol. The number of rotatable bonds is 10. The summed E-state index contributed by atoms with van der Waals surface area (Å²) in [5.74, 6) is 1.39. The Balaban J connectivity index is 2.43. The fourth-order valence-electron chi connectivity index (χ4n) is 1.58. The van der Waals surface area contributed by atoms with Gasteiger partial charge in [-0.3, -0.25) is 4.79 Å². The van der Waals surface area contributed by atoms with Gasteiger partial charge >= 0.3 is 0 Å². The van der Waals surface area contributed by atoms with Gasteiger partial charge in [0.2, 0.25) is 5.91 Å². The maximum Gasteiger partial charge on any atom is 0.225 e. The number of aliphatic hydroxyl groups excluding tert-OH is 1. The summed E-state index contributed by atoms with van der Waals surface area (Å²) in [7, 11) is 0. The first-order chi connectivity index (χ1) is 10.2. The van der Waals surface area contributed by atoms with Crippen molar-refractivity contribution in [3.05, 3.63) is 24.3 Å². The van der Waals surface area contributed by atoms with Crippen LogP contribution in [-0.2, 0) is 9.53 Å². The number of carbonyl (C=O) groups excluding carboxylic acids is 1. The number of anilines is 1. The molecule has 2 N–H and O–H groups in total. The number of aliphatic hydroxyl groups is 1. The molecule has 0 heterocycles. The highest BCUT2D eigenvalue weighted by Gasteiger charge is 2.06. The zero-order chi connectivity index (χ0) is 15.5. The minimum absolute atomic E-state index is 0.0159. The fourth-order valence-corrected chi connectivity index (χ4v) is 1.97. The lowest BCUT2D eigenvalue weighted by Crippen LogP contribution is -2.23. The highest BCUT2D eigenvalue weighted by atomic mass is 32.2. The van der Waals surface area contributed by atoms with Gasteiger partial charge in [-0.15, -0.1) is 0 Å². The molecule has 1 unspecified atom stereocenters. The van der Waals surface area contributed by atoms with Gasteiger partial charge in [-0.05, 0) is 25.3 Å². The van der Waals surface area contributed by atoms with Crippen LogP contribution in [0.5, 0.6) is 5.75 Å². The summed E-state index contributed by atoms with van der Waals surface area (Å²) in [5.41, 5.74) is 0.693. The van der Waals surface area contributed by atoms with Crippen molar-refractivity contribution < 1.29 is 19.4 Å². The average Bonchev–Trinajstić information content (AvgIpc) is 2.49. The summed E-state index contributed by atoms with van der Waals surface area (Å²) in [5, 5.41) is 12.5. The number of hydrogen-bond donors (Lipinski definition) is 2. The highest BCUT2D eigenvalue weighted by Crippen LogP contribution is 2.18. The highest BCUT2D eigenvalue weighted by molar-refractivity contribution is 7.98. The van der Waals surface area contributed by atoms with E-state index in [0.29, 0.717) is 24.5 Å². The van der Waals surface area contributed by atoms with Crippen LogP contribution in [0, 0.1) is 0 Å². The van der Waals surface area contributed by atoms with Gasteiger partial charge in [0.05, 0.1) is 6.61 Å². The Morgan fingerprint density at radius 1 is 1.43 bits per heavy atom. The van der Waals surface area contributed by atoms with E-state index in [4.69, 9.17) is 9.47 Å². The number of hydrogen-bond acceptors (Lipinski definition) is 5. The molecule has 1 aromatic carbocycles. The zero-order valence-corrected chi connectivity index (χ0v) is 13.3. The van der Waals surface area contributed by atoms with E-state index >= 15 is 0 Å². The third-order valence-electron chi connectivity index (χ3n) is 2.61. The molecule has 21 heavy (non-hydrogen) atoms. The van der Waals surface area contributed by atoms with Crippen LogP contribution in [0.15, 0.2) is 24.3 Å². The van der Waals surface area contributed by atoms with Gasteiger partial charge in [0.25, 0.3) is 0 Å². The first-order valence-electron chi connectivity index (χ1n) is 6.93. The summed E-state index contributed by atoms with van der Waals surface area (Å²) in [4.78, 5) is 11.6. The molecule has 0 radical (unpaired) electrons. The van der Waals surface area contributed by atoms with E-state index in [1.807, 2.05) is 13.2 Å². The molecule has 0 aliphatic heterocycles. The molecule has 1 amide bonds. The molecule has 0 fully saturated rings. The van der Waals surface area contributed by atoms with Gasteiger partial charge in [-0.1, -0.05) is 6.07 Å². The Labute approximate surface area is 130 Å². The summed E-state index contributed by atoms with van der Waals surface area (Å²) < 4.78 is 10.6. The van der Waals surface area contributed by atoms with Crippen molar-refractivity contribution in [3.8, 4) is 5.75 Å². The number of amides is 1. The first kappa shape index (κ1) is 17.8. The van der Waals surface area contributed by atoms with Crippen molar-refractivity contribution in [1.82, 2.24) is 0 Å². The zero-order valence-electron chi connectivity index (χ0n) is 12.5. The smallest absolute Gasteiger partial charge is 0.225 e. The molecule has 1 aromatic rings. The molecule has 0 saturated heterocycles. The Hall–Kier alpha value is -1.24. The second-order valence-corrected chi connectivity index (χ2v) is 5.43. The monoisotopic (exact) mass is 313 g/mol. The molecule has 5 nitrogen and oxygen atoms in total. The normalized spacial score (nSPS) is 12.0. The number of nitrogens with one attached hydrogen (secondary N) is 1. The second kappa shape index (κ2) is 10.5. The van der Waals surface area contributed by atoms with Crippen LogP contribution in [0.25, 0.3) is 0 Å². The van der Waals surface area contributed by atoms with Crippen molar-refractivity contribution in [2.75, 3.05) is 37.1 Å². The van der Waals surface area contributed by atoms with Crippen molar-refractivity contribution in [1.29, 1.82) is 0 Å². The Kier molecular flexibility index (Phi) is 8.89. The van der Waals surface area contributed by atoms with Gasteiger partial charge in [0.15, 0.2) is 0 Å². The van der Waals surface area contributed by atoms with E-state index in [2.05, 4.69) is 5.32 Å². The standard InChI is InChI=1S/C15H23NO4S/c1-3-19-10-13(17)11-20-14-6-4-5-12(9-14)16-15(18)7-8-21-2/h4-6,9,13,17H,3,7-8,10-11H2,1-2H3,(H,16,18). The van der Waals surface area contributed by atoms with Gasteiger partial charge in [0, 0.05) is 30.5 Å². The van der Waals surface area contributed by atoms with Crippen molar-refractivity contribution >= 4 is 23.4 Å². The molecular weight excluding hydrogens is 290 g/mol. The van der Waals surface area contributed by atoms with Gasteiger partial charge in [-0.25, -0.2) is 0 Å². The quantitative estimate of drug-likeness (QED) is 0.693. The topological polar surface area (TPSA) is 67.8 Å². The first-order valence-corrected chi connectivity index (χ1v) is 8.32. The minimum atomic E-state index is -0.662. The molecule has 0 saturated carbocycles. The minimum Gasteiger partial charge on any atom is -0.491 e. The van der Waals surface area contributed by atoms with E-state index in [0.717, 1.165) is 5.75 Å². The maximum absolute atomic E-state index is 11.6. The van der Waals surface area contributed by atoms with Gasteiger partial charge in [-0.2, -0.15) is 11.8 Å². The Morgan fingerprint density at radius 2 is 2.24 bits per heavy atom. The van der Waals surface area contributed by atoms with Crippen LogP contribution in [0.3, 0.4) is 0 Å². The molecule has 0 aliphatic carbocycles. The van der Waals surface area contributed by atoms with E-state index in [-0.39, 0.29) is 19.1 Å². The molecule has 1 rings (SSSR count). The number of thioether (sulfide) groups is 1. The summed E-state index contributed by atoms with van der Waals surface area (Å²) in [6.45, 7) is 2.84. The Bertz CT molecular complexity index is 428. The predicted octanol–water partition coefficient (Wildman–Crippen LogP) is 2.15. The molecule has 0 bridgehead atoms. The van der Waals surface area contributed by atoms with Crippen molar-refractivity contribution in [2.24, 2.45) is 0 Å². The third kappa shape index (κ3) is 7.94. The largest absolute Gasteiger partial charge is 0.491 e. The van der Waals surface area contributed by atoms with Crippen LogP contribution < -0.4 is 10.1 Å². The lowest BCUT2D eigenvalue weighted by molar-refractivity contribution is -0.115. The number of carbonyl (C=O) groups is 1.